The van der Waals surface area contributed by atoms with Gasteiger partial charge in [-0.25, -0.2) is 4.79 Å². The average Bonchev–Trinajstić information content (AvgIpc) is 2.25. The van der Waals surface area contributed by atoms with E-state index in [-0.39, 0.29) is 6.54 Å². The van der Waals surface area contributed by atoms with Crippen molar-refractivity contribution in [2.45, 2.75) is 19.5 Å². The van der Waals surface area contributed by atoms with Gasteiger partial charge in [-0.15, -0.1) is 0 Å². The third-order valence-electron chi connectivity index (χ3n) is 2.67. The molecule has 108 valence electrons. The zero-order valence-electron chi connectivity index (χ0n) is 10.4. The van der Waals surface area contributed by atoms with Gasteiger partial charge in [0.1, 0.15) is 13.1 Å². The third kappa shape index (κ3) is 5.19. The second kappa shape index (κ2) is 5.94. The van der Waals surface area contributed by atoms with Gasteiger partial charge in [-0.2, -0.15) is 13.2 Å². The molecule has 0 saturated carbocycles. The van der Waals surface area contributed by atoms with Crippen LogP contribution < -0.4 is 0 Å². The van der Waals surface area contributed by atoms with Gasteiger partial charge in [0.25, 0.3) is 0 Å². The third-order valence-corrected chi connectivity index (χ3v) is 2.67. The van der Waals surface area contributed by atoms with Crippen LogP contribution in [0.1, 0.15) is 13.3 Å². The minimum atomic E-state index is -4.62. The lowest BCUT2D eigenvalue weighted by Gasteiger charge is -2.31. The summed E-state index contributed by atoms with van der Waals surface area (Å²) in [5, 5.41) is 8.58. The average molecular weight is 280 g/mol. The van der Waals surface area contributed by atoms with E-state index < -0.39 is 31.3 Å². The van der Waals surface area contributed by atoms with Crippen LogP contribution in [0.3, 0.4) is 0 Å². The number of urea groups is 1. The highest BCUT2D eigenvalue weighted by Gasteiger charge is 2.35. The van der Waals surface area contributed by atoms with Gasteiger partial charge in [0.05, 0.1) is 0 Å². The topological polar surface area (TPSA) is 60.9 Å². The fourth-order valence-corrected chi connectivity index (χ4v) is 1.72. The van der Waals surface area contributed by atoms with Gasteiger partial charge >= 0.3 is 18.2 Å². The summed E-state index contributed by atoms with van der Waals surface area (Å²) in [6.45, 7) is -0.144. The number of amides is 2. The molecule has 1 N–H and O–H groups in total. The van der Waals surface area contributed by atoms with Gasteiger partial charge in [-0.1, -0.05) is 11.6 Å². The zero-order chi connectivity index (χ0) is 14.6. The molecule has 1 heterocycles. The molecule has 0 aliphatic carbocycles. The van der Waals surface area contributed by atoms with Gasteiger partial charge < -0.3 is 14.9 Å². The molecule has 0 spiro atoms. The molecule has 0 radical (unpaired) electrons. The fraction of sp³-hybridized carbons (Fsp3) is 0.636. The summed E-state index contributed by atoms with van der Waals surface area (Å²) in [4.78, 5) is 23.9. The zero-order valence-corrected chi connectivity index (χ0v) is 10.4. The number of aliphatic carboxylic acids is 1. The van der Waals surface area contributed by atoms with Crippen molar-refractivity contribution in [3.05, 3.63) is 11.6 Å². The number of hydrogen-bond donors (Lipinski definition) is 1. The maximum atomic E-state index is 12.3. The van der Waals surface area contributed by atoms with Crippen LogP contribution in [-0.2, 0) is 4.79 Å². The lowest BCUT2D eigenvalue weighted by Crippen LogP contribution is -2.49. The van der Waals surface area contributed by atoms with E-state index in [1.165, 1.54) is 4.90 Å². The number of carboxylic acid groups (broad SMARTS) is 1. The molecule has 19 heavy (non-hydrogen) atoms. The van der Waals surface area contributed by atoms with E-state index in [4.69, 9.17) is 5.11 Å². The van der Waals surface area contributed by atoms with Crippen molar-refractivity contribution in [2.75, 3.05) is 26.2 Å². The van der Waals surface area contributed by atoms with Crippen LogP contribution >= 0.6 is 0 Å². The molecule has 2 amide bonds. The number of rotatable bonds is 3. The number of carboxylic acids is 1. The van der Waals surface area contributed by atoms with Crippen LogP contribution in [-0.4, -0.2) is 59.3 Å². The Kier molecular flexibility index (Phi) is 4.79. The first kappa shape index (κ1) is 15.3. The predicted octanol–water partition coefficient (Wildman–Crippen LogP) is 1.71. The highest BCUT2D eigenvalue weighted by Crippen LogP contribution is 2.18. The van der Waals surface area contributed by atoms with Gasteiger partial charge in [0, 0.05) is 13.1 Å². The van der Waals surface area contributed by atoms with Crippen molar-refractivity contribution in [3.8, 4) is 0 Å². The number of alkyl halides is 3. The molecule has 0 unspecified atom stereocenters. The van der Waals surface area contributed by atoms with Crippen molar-refractivity contribution in [2.24, 2.45) is 0 Å². The summed E-state index contributed by atoms with van der Waals surface area (Å²) < 4.78 is 37.0. The van der Waals surface area contributed by atoms with Gasteiger partial charge in [-0.05, 0) is 13.3 Å². The molecule has 0 fully saturated rings. The van der Waals surface area contributed by atoms with Gasteiger partial charge in [0.2, 0.25) is 0 Å². The first-order valence-electron chi connectivity index (χ1n) is 5.67. The van der Waals surface area contributed by atoms with E-state index in [0.29, 0.717) is 17.9 Å². The predicted molar refractivity (Wildman–Crippen MR) is 60.6 cm³/mol. The molecule has 1 aliphatic heterocycles. The standard InChI is InChI=1S/C11H15F3N2O3/c1-8-2-4-15(5-3-8)10(19)16(6-9(17)18)7-11(12,13)14/h2H,3-7H2,1H3,(H,17,18). The molecule has 0 aromatic heterocycles. The number of hydrogen-bond acceptors (Lipinski definition) is 2. The maximum Gasteiger partial charge on any atom is 0.406 e. The number of carbonyl (C=O) groups is 2. The first-order valence-corrected chi connectivity index (χ1v) is 5.67. The largest absolute Gasteiger partial charge is 0.480 e. The summed E-state index contributed by atoms with van der Waals surface area (Å²) in [6.07, 6.45) is -2.29. The molecule has 8 heteroatoms. The Hall–Kier alpha value is -1.73. The lowest BCUT2D eigenvalue weighted by atomic mass is 10.1. The van der Waals surface area contributed by atoms with E-state index in [9.17, 15) is 22.8 Å². The monoisotopic (exact) mass is 280 g/mol. The summed E-state index contributed by atoms with van der Waals surface area (Å²) in [5.74, 6) is -1.47. The van der Waals surface area contributed by atoms with Gasteiger partial charge in [-0.3, -0.25) is 4.79 Å². The highest BCUT2D eigenvalue weighted by molar-refractivity contribution is 5.80. The van der Waals surface area contributed by atoms with E-state index in [1.807, 2.05) is 6.92 Å². The Morgan fingerprint density at radius 2 is 2.11 bits per heavy atom. The Morgan fingerprint density at radius 3 is 2.53 bits per heavy atom. The van der Waals surface area contributed by atoms with Gasteiger partial charge in [0.15, 0.2) is 0 Å². The van der Waals surface area contributed by atoms with E-state index in [2.05, 4.69) is 0 Å². The molecule has 0 aromatic rings. The van der Waals surface area contributed by atoms with Crippen molar-refractivity contribution in [1.29, 1.82) is 0 Å². The SMILES string of the molecule is CC1=CCN(C(=O)N(CC(=O)O)CC(F)(F)F)CC1. The molecule has 1 aliphatic rings. The van der Waals surface area contributed by atoms with Crippen LogP contribution in [0, 0.1) is 0 Å². The second-order valence-electron chi connectivity index (χ2n) is 4.39. The molecule has 0 atom stereocenters. The highest BCUT2D eigenvalue weighted by atomic mass is 19.4. The Balaban J connectivity index is 2.74. The molecule has 0 saturated heterocycles. The van der Waals surface area contributed by atoms with Crippen LogP contribution in [0.4, 0.5) is 18.0 Å². The normalized spacial score (nSPS) is 16.0. The number of carbonyl (C=O) groups excluding carboxylic acids is 1. The number of nitrogens with zero attached hydrogens (tertiary/aromatic N) is 2. The van der Waals surface area contributed by atoms with E-state index in [0.717, 1.165) is 5.57 Å². The van der Waals surface area contributed by atoms with Crippen LogP contribution in [0.2, 0.25) is 0 Å². The number of halogens is 3. The summed E-state index contributed by atoms with van der Waals surface area (Å²) in [6, 6.07) is -0.900. The molecule has 0 aromatic carbocycles. The second-order valence-corrected chi connectivity index (χ2v) is 4.39. The molecular formula is C11H15F3N2O3. The fourth-order valence-electron chi connectivity index (χ4n) is 1.72. The smallest absolute Gasteiger partial charge is 0.406 e. The van der Waals surface area contributed by atoms with Crippen LogP contribution in [0.25, 0.3) is 0 Å². The molecular weight excluding hydrogens is 265 g/mol. The minimum absolute atomic E-state index is 0.207. The molecule has 1 rings (SSSR count). The Morgan fingerprint density at radius 1 is 1.47 bits per heavy atom. The maximum absolute atomic E-state index is 12.3. The van der Waals surface area contributed by atoms with Crippen molar-refractivity contribution >= 4 is 12.0 Å². The minimum Gasteiger partial charge on any atom is -0.480 e. The molecule has 5 nitrogen and oxygen atoms in total. The lowest BCUT2D eigenvalue weighted by molar-refractivity contribution is -0.149. The quantitative estimate of drug-likeness (QED) is 0.800. The Bertz CT molecular complexity index is 393. The van der Waals surface area contributed by atoms with Crippen molar-refractivity contribution in [1.82, 2.24) is 9.80 Å². The molecule has 0 bridgehead atoms. The van der Waals surface area contributed by atoms with Crippen LogP contribution in [0.15, 0.2) is 11.6 Å². The van der Waals surface area contributed by atoms with Crippen LogP contribution in [0.5, 0.6) is 0 Å². The Labute approximate surface area is 108 Å². The summed E-state index contributed by atoms with van der Waals surface area (Å²) >= 11 is 0. The first-order chi connectivity index (χ1) is 8.69. The summed E-state index contributed by atoms with van der Waals surface area (Å²) in [7, 11) is 0. The van der Waals surface area contributed by atoms with Crippen molar-refractivity contribution < 1.29 is 27.9 Å². The van der Waals surface area contributed by atoms with E-state index in [1.54, 1.807) is 6.08 Å². The summed E-state index contributed by atoms with van der Waals surface area (Å²) in [5.41, 5.74) is 1.06. The van der Waals surface area contributed by atoms with E-state index >= 15 is 0 Å². The van der Waals surface area contributed by atoms with Crippen molar-refractivity contribution in [3.63, 3.8) is 0 Å².